The maximum atomic E-state index is 13.3. The summed E-state index contributed by atoms with van der Waals surface area (Å²) in [5.74, 6) is -0.390. The first-order valence-electron chi connectivity index (χ1n) is 9.21. The minimum atomic E-state index is -3.68. The fraction of sp³-hybridized carbons (Fsp3) is 0.350. The van der Waals surface area contributed by atoms with Crippen LogP contribution >= 0.6 is 11.6 Å². The number of hydrogen-bond acceptors (Lipinski definition) is 4. The summed E-state index contributed by atoms with van der Waals surface area (Å²) in [5, 5.41) is 0.667. The van der Waals surface area contributed by atoms with Crippen molar-refractivity contribution in [3.8, 4) is 0 Å². The normalized spacial score (nSPS) is 19.0. The third kappa shape index (κ3) is 3.50. The Bertz CT molecular complexity index is 1170. The molecule has 1 aromatic heterocycles. The summed E-state index contributed by atoms with van der Waals surface area (Å²) in [5.41, 5.74) is 1.94. The van der Waals surface area contributed by atoms with Gasteiger partial charge >= 0.3 is 5.76 Å². The summed E-state index contributed by atoms with van der Waals surface area (Å²) in [4.78, 5) is 11.9. The van der Waals surface area contributed by atoms with E-state index in [2.05, 4.69) is 0 Å². The van der Waals surface area contributed by atoms with Crippen molar-refractivity contribution in [1.82, 2.24) is 8.87 Å². The largest absolute Gasteiger partial charge is 0.419 e. The van der Waals surface area contributed by atoms with Gasteiger partial charge in [0.25, 0.3) is 0 Å². The second-order valence-corrected chi connectivity index (χ2v) is 9.54. The molecule has 0 radical (unpaired) electrons. The minimum absolute atomic E-state index is 0.122. The highest BCUT2D eigenvalue weighted by molar-refractivity contribution is 7.89. The molecule has 1 aliphatic heterocycles. The summed E-state index contributed by atoms with van der Waals surface area (Å²) in [6.45, 7) is 0.904. The Hall–Kier alpha value is -2.09. The van der Waals surface area contributed by atoms with Crippen LogP contribution in [0.1, 0.15) is 30.7 Å². The molecule has 0 saturated carbocycles. The standard InChI is InChI=1S/C20H21ClN2O4S/c1-22-18-12-17(9-10-19(18)27-20(22)24)28(25,26)23-11-3-2-4-15(13-23)14-5-7-16(21)8-6-14/h5-10,12,15H,2-4,11,13H2,1H3/t15-/m0/s1. The highest BCUT2D eigenvalue weighted by atomic mass is 35.5. The Morgan fingerprint density at radius 1 is 1.11 bits per heavy atom. The highest BCUT2D eigenvalue weighted by Gasteiger charge is 2.30. The van der Waals surface area contributed by atoms with Gasteiger partial charge in [-0.25, -0.2) is 13.2 Å². The number of sulfonamides is 1. The van der Waals surface area contributed by atoms with Crippen molar-refractivity contribution in [2.75, 3.05) is 13.1 Å². The Morgan fingerprint density at radius 3 is 2.61 bits per heavy atom. The van der Waals surface area contributed by atoms with Crippen LogP contribution in [0.4, 0.5) is 0 Å². The molecule has 0 spiro atoms. The molecule has 8 heteroatoms. The van der Waals surface area contributed by atoms with E-state index in [0.717, 1.165) is 24.8 Å². The Morgan fingerprint density at radius 2 is 1.86 bits per heavy atom. The lowest BCUT2D eigenvalue weighted by Crippen LogP contribution is -2.34. The van der Waals surface area contributed by atoms with Gasteiger partial charge in [-0.15, -0.1) is 0 Å². The van der Waals surface area contributed by atoms with Gasteiger partial charge < -0.3 is 4.42 Å². The lowest BCUT2D eigenvalue weighted by Gasteiger charge is -2.24. The first-order chi connectivity index (χ1) is 13.4. The Kier molecular flexibility index (Phi) is 5.07. The van der Waals surface area contributed by atoms with Crippen LogP contribution in [0.15, 0.2) is 56.6 Å². The van der Waals surface area contributed by atoms with Gasteiger partial charge in [-0.05, 0) is 54.7 Å². The van der Waals surface area contributed by atoms with E-state index in [4.69, 9.17) is 16.0 Å². The third-order valence-electron chi connectivity index (χ3n) is 5.38. The number of benzene rings is 2. The zero-order chi connectivity index (χ0) is 19.9. The molecule has 0 aliphatic carbocycles. The van der Waals surface area contributed by atoms with Gasteiger partial charge in [-0.2, -0.15) is 4.31 Å². The zero-order valence-corrected chi connectivity index (χ0v) is 17.0. The van der Waals surface area contributed by atoms with Crippen LogP contribution < -0.4 is 5.76 Å². The van der Waals surface area contributed by atoms with Crippen LogP contribution in [0.2, 0.25) is 5.02 Å². The van der Waals surface area contributed by atoms with E-state index < -0.39 is 15.8 Å². The summed E-state index contributed by atoms with van der Waals surface area (Å²) in [6, 6.07) is 12.2. The van der Waals surface area contributed by atoms with E-state index >= 15 is 0 Å². The Labute approximate surface area is 168 Å². The predicted molar refractivity (Wildman–Crippen MR) is 108 cm³/mol. The molecule has 3 aromatic rings. The molecule has 2 heterocycles. The lowest BCUT2D eigenvalue weighted by atomic mass is 9.95. The number of hydrogen-bond donors (Lipinski definition) is 0. The summed E-state index contributed by atoms with van der Waals surface area (Å²) >= 11 is 5.99. The molecule has 2 aromatic carbocycles. The Balaban J connectivity index is 1.68. The molecule has 0 unspecified atom stereocenters. The van der Waals surface area contributed by atoms with Gasteiger partial charge in [0.1, 0.15) is 0 Å². The molecule has 0 bridgehead atoms. The van der Waals surface area contributed by atoms with E-state index in [1.54, 1.807) is 11.4 Å². The zero-order valence-electron chi connectivity index (χ0n) is 15.5. The number of aromatic nitrogens is 1. The molecule has 0 amide bonds. The topological polar surface area (TPSA) is 72.5 Å². The van der Waals surface area contributed by atoms with Crippen LogP contribution in [0, 0.1) is 0 Å². The van der Waals surface area contributed by atoms with Crippen LogP contribution in [0.3, 0.4) is 0 Å². The molecular formula is C20H21ClN2O4S. The van der Waals surface area contributed by atoms with E-state index in [1.807, 2.05) is 24.3 Å². The van der Waals surface area contributed by atoms with E-state index in [-0.39, 0.29) is 10.8 Å². The maximum Gasteiger partial charge on any atom is 0.419 e. The number of aryl methyl sites for hydroxylation is 1. The molecule has 28 heavy (non-hydrogen) atoms. The van der Waals surface area contributed by atoms with Crippen molar-refractivity contribution in [3.05, 3.63) is 63.6 Å². The van der Waals surface area contributed by atoms with Gasteiger partial charge in [0.15, 0.2) is 5.58 Å². The third-order valence-corrected chi connectivity index (χ3v) is 7.49. The van der Waals surface area contributed by atoms with Crippen LogP contribution in [-0.2, 0) is 17.1 Å². The van der Waals surface area contributed by atoms with E-state index in [0.29, 0.717) is 29.2 Å². The quantitative estimate of drug-likeness (QED) is 0.647. The smallest absolute Gasteiger partial charge is 0.408 e. The number of halogens is 1. The number of fused-ring (bicyclic) bond motifs is 1. The van der Waals surface area contributed by atoms with Crippen molar-refractivity contribution in [2.45, 2.75) is 30.1 Å². The molecular weight excluding hydrogens is 400 g/mol. The fourth-order valence-electron chi connectivity index (χ4n) is 3.75. The molecule has 4 rings (SSSR count). The fourth-order valence-corrected chi connectivity index (χ4v) is 5.42. The van der Waals surface area contributed by atoms with Crippen molar-refractivity contribution >= 4 is 32.7 Å². The molecule has 1 atom stereocenters. The highest BCUT2D eigenvalue weighted by Crippen LogP contribution is 2.31. The maximum absolute atomic E-state index is 13.3. The molecule has 1 fully saturated rings. The predicted octanol–water partition coefficient (Wildman–Crippen LogP) is 3.74. The summed E-state index contributed by atoms with van der Waals surface area (Å²) < 4.78 is 34.6. The first-order valence-corrected chi connectivity index (χ1v) is 11.0. The molecule has 6 nitrogen and oxygen atoms in total. The number of rotatable bonds is 3. The van der Waals surface area contributed by atoms with E-state index in [9.17, 15) is 13.2 Å². The summed E-state index contributed by atoms with van der Waals surface area (Å²) in [6.07, 6.45) is 2.72. The van der Waals surface area contributed by atoms with Crippen molar-refractivity contribution in [1.29, 1.82) is 0 Å². The first kappa shape index (κ1) is 19.2. The average molecular weight is 421 g/mol. The number of nitrogens with zero attached hydrogens (tertiary/aromatic N) is 2. The molecule has 0 N–H and O–H groups in total. The van der Waals surface area contributed by atoms with Gasteiger partial charge in [0, 0.05) is 25.2 Å². The van der Waals surface area contributed by atoms with Crippen molar-refractivity contribution < 1.29 is 12.8 Å². The van der Waals surface area contributed by atoms with Crippen LogP contribution in [-0.4, -0.2) is 30.4 Å². The van der Waals surface area contributed by atoms with Gasteiger partial charge in [-0.3, -0.25) is 4.57 Å². The second kappa shape index (κ2) is 7.39. The van der Waals surface area contributed by atoms with Crippen molar-refractivity contribution in [3.63, 3.8) is 0 Å². The van der Waals surface area contributed by atoms with Crippen LogP contribution in [0.5, 0.6) is 0 Å². The van der Waals surface area contributed by atoms with Gasteiger partial charge in [0.2, 0.25) is 10.0 Å². The van der Waals surface area contributed by atoms with Crippen LogP contribution in [0.25, 0.3) is 11.1 Å². The molecule has 1 saturated heterocycles. The minimum Gasteiger partial charge on any atom is -0.408 e. The number of oxazole rings is 1. The molecule has 148 valence electrons. The average Bonchev–Trinajstić information content (AvgIpc) is 2.86. The van der Waals surface area contributed by atoms with E-state index in [1.165, 1.54) is 22.8 Å². The van der Waals surface area contributed by atoms with Gasteiger partial charge in [0.05, 0.1) is 10.4 Å². The van der Waals surface area contributed by atoms with Crippen molar-refractivity contribution in [2.24, 2.45) is 7.05 Å². The monoisotopic (exact) mass is 420 g/mol. The molecule has 1 aliphatic rings. The SMILES string of the molecule is Cn1c(=O)oc2ccc(S(=O)(=O)N3CCCC[C@H](c4ccc(Cl)cc4)C3)cc21. The van der Waals surface area contributed by atoms with Gasteiger partial charge in [-0.1, -0.05) is 30.2 Å². The lowest BCUT2D eigenvalue weighted by molar-refractivity contribution is 0.406. The summed E-state index contributed by atoms with van der Waals surface area (Å²) in [7, 11) is -2.12. The second-order valence-electron chi connectivity index (χ2n) is 7.16.